The minimum atomic E-state index is -3.30. The summed E-state index contributed by atoms with van der Waals surface area (Å²) in [4.78, 5) is 4.25. The number of aromatic nitrogens is 3. The standard InChI is InChI=1S/C12H16N6O2S2/c1-3-18-12-8(5-17-18)10(14)7(4-16-12)11(15)21-9(13)6-22(2,19)20/h4-5,13,15H,3,6H2,1-2H3,(H2,14,16). The molecule has 8 nitrogen and oxygen atoms in total. The van der Waals surface area contributed by atoms with Gasteiger partial charge in [0.05, 0.1) is 28.1 Å². The molecule has 0 aliphatic heterocycles. The molecule has 0 bridgehead atoms. The second-order valence-electron chi connectivity index (χ2n) is 4.71. The van der Waals surface area contributed by atoms with Gasteiger partial charge >= 0.3 is 0 Å². The fourth-order valence-corrected chi connectivity index (χ4v) is 3.78. The molecule has 0 aliphatic rings. The third-order valence-electron chi connectivity index (χ3n) is 2.87. The average molecular weight is 340 g/mol. The van der Waals surface area contributed by atoms with Crippen molar-refractivity contribution in [2.75, 3.05) is 17.7 Å². The van der Waals surface area contributed by atoms with Gasteiger partial charge in [0, 0.05) is 24.6 Å². The Kier molecular flexibility index (Phi) is 4.52. The number of pyridine rings is 1. The third-order valence-corrected chi connectivity index (χ3v) is 4.68. The number of thioether (sulfide) groups is 1. The van der Waals surface area contributed by atoms with Crippen LogP contribution in [0.25, 0.3) is 11.0 Å². The molecule has 0 amide bonds. The molecule has 0 aromatic carbocycles. The molecule has 2 rings (SSSR count). The summed E-state index contributed by atoms with van der Waals surface area (Å²) >= 11 is 0.755. The predicted molar refractivity (Wildman–Crippen MR) is 89.5 cm³/mol. The van der Waals surface area contributed by atoms with E-state index in [4.69, 9.17) is 16.6 Å². The summed E-state index contributed by atoms with van der Waals surface area (Å²) in [5, 5.41) is 20.3. The van der Waals surface area contributed by atoms with Crippen molar-refractivity contribution in [2.24, 2.45) is 0 Å². The molecule has 118 valence electrons. The molecule has 0 unspecified atom stereocenters. The van der Waals surface area contributed by atoms with Crippen molar-refractivity contribution < 1.29 is 8.42 Å². The summed E-state index contributed by atoms with van der Waals surface area (Å²) in [6.45, 7) is 2.59. The topological polar surface area (TPSA) is 139 Å². The second kappa shape index (κ2) is 6.05. The molecule has 10 heteroatoms. The molecule has 0 saturated heterocycles. The van der Waals surface area contributed by atoms with E-state index in [2.05, 4.69) is 10.1 Å². The fraction of sp³-hybridized carbons (Fsp3) is 0.333. The molecular formula is C12H16N6O2S2. The first-order valence-corrected chi connectivity index (χ1v) is 9.22. The van der Waals surface area contributed by atoms with Crippen LogP contribution in [0.5, 0.6) is 0 Å². The molecule has 2 aromatic rings. The summed E-state index contributed by atoms with van der Waals surface area (Å²) in [5.74, 6) is -0.399. The largest absolute Gasteiger partial charge is 0.397 e. The molecular weight excluding hydrogens is 324 g/mol. The van der Waals surface area contributed by atoms with Crippen molar-refractivity contribution in [2.45, 2.75) is 13.5 Å². The lowest BCUT2D eigenvalue weighted by Gasteiger charge is -2.08. The number of rotatable bonds is 4. The molecule has 4 N–H and O–H groups in total. The van der Waals surface area contributed by atoms with Gasteiger partial charge in [-0.3, -0.25) is 10.8 Å². The normalized spacial score (nSPS) is 11.7. The van der Waals surface area contributed by atoms with Crippen LogP contribution in [-0.4, -0.2) is 45.3 Å². The summed E-state index contributed by atoms with van der Waals surface area (Å²) in [6, 6.07) is 0. The van der Waals surface area contributed by atoms with Gasteiger partial charge in [-0.05, 0) is 6.92 Å². The molecule has 0 radical (unpaired) electrons. The van der Waals surface area contributed by atoms with Crippen LogP contribution in [0.3, 0.4) is 0 Å². The lowest BCUT2D eigenvalue weighted by molar-refractivity contribution is 0.605. The summed E-state index contributed by atoms with van der Waals surface area (Å²) in [7, 11) is -3.30. The smallest absolute Gasteiger partial charge is 0.159 e. The Balaban J connectivity index is 2.29. The van der Waals surface area contributed by atoms with E-state index in [0.29, 0.717) is 28.8 Å². The highest BCUT2D eigenvalue weighted by molar-refractivity contribution is 8.27. The van der Waals surface area contributed by atoms with Crippen LogP contribution >= 0.6 is 11.8 Å². The minimum Gasteiger partial charge on any atom is -0.397 e. The molecule has 0 saturated carbocycles. The highest BCUT2D eigenvalue weighted by atomic mass is 32.2. The number of nitrogens with zero attached hydrogens (tertiary/aromatic N) is 3. The fourth-order valence-electron chi connectivity index (χ4n) is 1.90. The minimum absolute atomic E-state index is 0.00945. The van der Waals surface area contributed by atoms with E-state index >= 15 is 0 Å². The van der Waals surface area contributed by atoms with Crippen molar-refractivity contribution in [3.63, 3.8) is 0 Å². The summed E-state index contributed by atoms with van der Waals surface area (Å²) in [5.41, 5.74) is 7.41. The number of nitrogens with one attached hydrogen (secondary N) is 2. The zero-order chi connectivity index (χ0) is 16.5. The first-order chi connectivity index (χ1) is 10.2. The number of nitrogen functional groups attached to an aromatic ring is 1. The van der Waals surface area contributed by atoms with Crippen LogP contribution in [0.1, 0.15) is 12.5 Å². The van der Waals surface area contributed by atoms with Gasteiger partial charge < -0.3 is 5.73 Å². The van der Waals surface area contributed by atoms with Gasteiger partial charge in [-0.25, -0.2) is 18.1 Å². The zero-order valence-corrected chi connectivity index (χ0v) is 13.8. The van der Waals surface area contributed by atoms with Gasteiger partial charge in [0.25, 0.3) is 0 Å². The van der Waals surface area contributed by atoms with Crippen LogP contribution in [0.4, 0.5) is 5.69 Å². The average Bonchev–Trinajstić information content (AvgIpc) is 2.80. The summed E-state index contributed by atoms with van der Waals surface area (Å²) in [6.07, 6.45) is 4.09. The second-order valence-corrected chi connectivity index (χ2v) is 7.95. The summed E-state index contributed by atoms with van der Waals surface area (Å²) < 4.78 is 24.0. The number of hydrogen-bond donors (Lipinski definition) is 3. The Bertz CT molecular complexity index is 856. The van der Waals surface area contributed by atoms with Crippen molar-refractivity contribution in [3.8, 4) is 0 Å². The highest BCUT2D eigenvalue weighted by Gasteiger charge is 2.17. The van der Waals surface area contributed by atoms with Crippen molar-refractivity contribution in [1.29, 1.82) is 10.8 Å². The van der Waals surface area contributed by atoms with Gasteiger partial charge in [-0.2, -0.15) is 5.10 Å². The molecule has 0 spiro atoms. The number of fused-ring (bicyclic) bond motifs is 1. The third kappa shape index (κ3) is 3.45. The van der Waals surface area contributed by atoms with Crippen LogP contribution in [0.2, 0.25) is 0 Å². The molecule has 22 heavy (non-hydrogen) atoms. The molecule has 2 aromatic heterocycles. The zero-order valence-electron chi connectivity index (χ0n) is 12.1. The monoisotopic (exact) mass is 340 g/mol. The lowest BCUT2D eigenvalue weighted by Crippen LogP contribution is -2.13. The lowest BCUT2D eigenvalue weighted by atomic mass is 10.2. The number of anilines is 1. The van der Waals surface area contributed by atoms with Crippen molar-refractivity contribution >= 4 is 48.4 Å². The highest BCUT2D eigenvalue weighted by Crippen LogP contribution is 2.26. The number of hydrogen-bond acceptors (Lipinski definition) is 8. The quantitative estimate of drug-likeness (QED) is 0.563. The maximum atomic E-state index is 11.2. The van der Waals surface area contributed by atoms with Crippen LogP contribution in [0, 0.1) is 10.8 Å². The maximum absolute atomic E-state index is 11.2. The Labute approximate surface area is 132 Å². The Morgan fingerprint density at radius 2 is 2.09 bits per heavy atom. The van der Waals surface area contributed by atoms with Crippen LogP contribution in [0.15, 0.2) is 12.4 Å². The number of nitrogens with two attached hydrogens (primary N) is 1. The van der Waals surface area contributed by atoms with E-state index in [-0.39, 0.29) is 10.1 Å². The van der Waals surface area contributed by atoms with Crippen molar-refractivity contribution in [3.05, 3.63) is 18.0 Å². The van der Waals surface area contributed by atoms with Crippen molar-refractivity contribution in [1.82, 2.24) is 14.8 Å². The number of aryl methyl sites for hydroxylation is 1. The Morgan fingerprint density at radius 1 is 1.41 bits per heavy atom. The molecule has 0 fully saturated rings. The van der Waals surface area contributed by atoms with Gasteiger partial charge in [0.2, 0.25) is 0 Å². The van der Waals surface area contributed by atoms with Gasteiger partial charge in [-0.1, -0.05) is 11.8 Å². The van der Waals surface area contributed by atoms with E-state index in [1.54, 1.807) is 10.9 Å². The molecule has 2 heterocycles. The van der Waals surface area contributed by atoms with Gasteiger partial charge in [0.15, 0.2) is 15.5 Å². The van der Waals surface area contributed by atoms with E-state index in [1.165, 1.54) is 6.20 Å². The SMILES string of the molecule is CCn1ncc2c(N)c(C(=N)SC(=N)CS(C)(=O)=O)cnc21. The van der Waals surface area contributed by atoms with E-state index in [1.807, 2.05) is 6.92 Å². The predicted octanol–water partition coefficient (Wildman–Crippen LogP) is 1.11. The molecule has 0 atom stereocenters. The van der Waals surface area contributed by atoms with Gasteiger partial charge in [-0.15, -0.1) is 0 Å². The maximum Gasteiger partial charge on any atom is 0.159 e. The van der Waals surface area contributed by atoms with Crippen LogP contribution < -0.4 is 5.73 Å². The Hall–Kier alpha value is -1.94. The van der Waals surface area contributed by atoms with E-state index < -0.39 is 15.6 Å². The van der Waals surface area contributed by atoms with E-state index in [9.17, 15) is 8.42 Å². The van der Waals surface area contributed by atoms with Crippen LogP contribution in [-0.2, 0) is 16.4 Å². The molecule has 0 aliphatic carbocycles. The Morgan fingerprint density at radius 3 is 2.68 bits per heavy atom. The first-order valence-electron chi connectivity index (χ1n) is 6.35. The number of sulfone groups is 1. The van der Waals surface area contributed by atoms with E-state index in [0.717, 1.165) is 18.0 Å². The van der Waals surface area contributed by atoms with Gasteiger partial charge in [0.1, 0.15) is 5.04 Å². The first kappa shape index (κ1) is 16.4.